The number of nitrogens with two attached hydrogens (primary N) is 1. The number of para-hydroxylation sites is 2. The molecule has 1 unspecified atom stereocenters. The van der Waals surface area contributed by atoms with E-state index in [-0.39, 0.29) is 5.60 Å². The zero-order chi connectivity index (χ0) is 14.2. The molecular formula is C16H23N3O. The SMILES string of the molecule is CCC1(CC)CC(n2c(N)nc3ccccc32)CCO1. The molecule has 108 valence electrons. The fraction of sp³-hybridized carbons (Fsp3) is 0.562. The van der Waals surface area contributed by atoms with Gasteiger partial charge in [0.2, 0.25) is 5.95 Å². The molecule has 1 fully saturated rings. The average molecular weight is 273 g/mol. The lowest BCUT2D eigenvalue weighted by atomic mass is 9.85. The maximum atomic E-state index is 6.17. The van der Waals surface area contributed by atoms with Crippen molar-refractivity contribution in [3.05, 3.63) is 24.3 Å². The maximum Gasteiger partial charge on any atom is 0.201 e. The van der Waals surface area contributed by atoms with Gasteiger partial charge in [-0.2, -0.15) is 0 Å². The lowest BCUT2D eigenvalue weighted by molar-refractivity contribution is -0.0979. The van der Waals surface area contributed by atoms with Gasteiger partial charge in [-0.25, -0.2) is 4.98 Å². The number of nitrogen functional groups attached to an aromatic ring is 1. The highest BCUT2D eigenvalue weighted by Gasteiger charge is 2.36. The van der Waals surface area contributed by atoms with Crippen molar-refractivity contribution >= 4 is 17.0 Å². The van der Waals surface area contributed by atoms with Gasteiger partial charge >= 0.3 is 0 Å². The number of fused-ring (bicyclic) bond motifs is 1. The van der Waals surface area contributed by atoms with Crippen molar-refractivity contribution in [1.29, 1.82) is 0 Å². The molecule has 0 aliphatic carbocycles. The number of nitrogens with zero attached hydrogens (tertiary/aromatic N) is 2. The second-order valence-electron chi connectivity index (χ2n) is 5.71. The number of aromatic nitrogens is 2. The molecule has 1 aliphatic rings. The molecule has 20 heavy (non-hydrogen) atoms. The van der Waals surface area contributed by atoms with Crippen LogP contribution in [-0.2, 0) is 4.74 Å². The standard InChI is InChI=1S/C16H23N3O/c1-3-16(4-2)11-12(9-10-20-16)19-14-8-6-5-7-13(14)18-15(19)17/h5-8,12H,3-4,9-11H2,1-2H3,(H2,17,18). The Bertz CT molecular complexity index is 601. The summed E-state index contributed by atoms with van der Waals surface area (Å²) in [7, 11) is 0. The van der Waals surface area contributed by atoms with Crippen LogP contribution < -0.4 is 5.73 Å². The van der Waals surface area contributed by atoms with Crippen LogP contribution in [0.15, 0.2) is 24.3 Å². The van der Waals surface area contributed by atoms with Crippen LogP contribution in [0.25, 0.3) is 11.0 Å². The third kappa shape index (κ3) is 2.08. The first-order valence-corrected chi connectivity index (χ1v) is 7.55. The van der Waals surface area contributed by atoms with E-state index in [4.69, 9.17) is 10.5 Å². The van der Waals surface area contributed by atoms with Gasteiger partial charge < -0.3 is 15.0 Å². The van der Waals surface area contributed by atoms with Gasteiger partial charge in [-0.05, 0) is 37.8 Å². The van der Waals surface area contributed by atoms with Crippen LogP contribution in [0.1, 0.15) is 45.6 Å². The number of anilines is 1. The van der Waals surface area contributed by atoms with Crippen molar-refractivity contribution in [2.45, 2.75) is 51.2 Å². The van der Waals surface area contributed by atoms with Crippen molar-refractivity contribution in [2.24, 2.45) is 0 Å². The normalized spacial score (nSPS) is 22.2. The largest absolute Gasteiger partial charge is 0.375 e. The van der Waals surface area contributed by atoms with Crippen LogP contribution in [0.2, 0.25) is 0 Å². The number of hydrogen-bond acceptors (Lipinski definition) is 3. The third-order valence-electron chi connectivity index (χ3n) is 4.74. The Kier molecular flexibility index (Phi) is 3.42. The molecule has 2 aromatic rings. The summed E-state index contributed by atoms with van der Waals surface area (Å²) >= 11 is 0. The number of ether oxygens (including phenoxy) is 1. The molecule has 4 heteroatoms. The zero-order valence-electron chi connectivity index (χ0n) is 12.3. The van der Waals surface area contributed by atoms with Crippen LogP contribution in [0.3, 0.4) is 0 Å². The first-order valence-electron chi connectivity index (χ1n) is 7.55. The lowest BCUT2D eigenvalue weighted by Crippen LogP contribution is -2.39. The minimum absolute atomic E-state index is 0.000725. The van der Waals surface area contributed by atoms with Gasteiger partial charge in [0.1, 0.15) is 0 Å². The molecule has 0 amide bonds. The van der Waals surface area contributed by atoms with Gasteiger partial charge in [0.25, 0.3) is 0 Å². The summed E-state index contributed by atoms with van der Waals surface area (Å²) in [4.78, 5) is 4.49. The maximum absolute atomic E-state index is 6.17. The van der Waals surface area contributed by atoms with E-state index in [1.165, 1.54) is 0 Å². The Hall–Kier alpha value is -1.55. The zero-order valence-corrected chi connectivity index (χ0v) is 12.3. The highest BCUT2D eigenvalue weighted by atomic mass is 16.5. The molecule has 1 aromatic carbocycles. The van der Waals surface area contributed by atoms with E-state index in [1.807, 2.05) is 18.2 Å². The molecule has 0 saturated carbocycles. The monoisotopic (exact) mass is 273 g/mol. The summed E-state index contributed by atoms with van der Waals surface area (Å²) in [5.41, 5.74) is 8.29. The fourth-order valence-corrected chi connectivity index (χ4v) is 3.41. The Morgan fingerprint density at radius 2 is 2.10 bits per heavy atom. The van der Waals surface area contributed by atoms with E-state index in [9.17, 15) is 0 Å². The van der Waals surface area contributed by atoms with Gasteiger partial charge in [-0.15, -0.1) is 0 Å². The van der Waals surface area contributed by atoms with E-state index in [2.05, 4.69) is 29.5 Å². The predicted molar refractivity (Wildman–Crippen MR) is 81.7 cm³/mol. The lowest BCUT2D eigenvalue weighted by Gasteiger charge is -2.40. The summed E-state index contributed by atoms with van der Waals surface area (Å²) in [5, 5.41) is 0. The first-order chi connectivity index (χ1) is 9.69. The van der Waals surface area contributed by atoms with Gasteiger partial charge in [0, 0.05) is 12.6 Å². The van der Waals surface area contributed by atoms with Gasteiger partial charge in [0.05, 0.1) is 16.6 Å². The molecule has 1 aromatic heterocycles. The van der Waals surface area contributed by atoms with Gasteiger partial charge in [-0.1, -0.05) is 26.0 Å². The van der Waals surface area contributed by atoms with Crippen molar-refractivity contribution in [2.75, 3.05) is 12.3 Å². The molecule has 3 rings (SSSR count). The Morgan fingerprint density at radius 1 is 1.35 bits per heavy atom. The van der Waals surface area contributed by atoms with E-state index in [0.29, 0.717) is 12.0 Å². The molecular weight excluding hydrogens is 250 g/mol. The quantitative estimate of drug-likeness (QED) is 0.930. The summed E-state index contributed by atoms with van der Waals surface area (Å²) in [6.07, 6.45) is 4.12. The van der Waals surface area contributed by atoms with Crippen LogP contribution in [0.5, 0.6) is 0 Å². The molecule has 4 nitrogen and oxygen atoms in total. The molecule has 0 bridgehead atoms. The summed E-state index contributed by atoms with van der Waals surface area (Å²) in [6.45, 7) is 5.22. The van der Waals surface area contributed by atoms with E-state index in [1.54, 1.807) is 0 Å². The topological polar surface area (TPSA) is 53.1 Å². The molecule has 0 radical (unpaired) electrons. The van der Waals surface area contributed by atoms with Crippen molar-refractivity contribution < 1.29 is 4.74 Å². The molecule has 1 saturated heterocycles. The van der Waals surface area contributed by atoms with E-state index < -0.39 is 0 Å². The highest BCUT2D eigenvalue weighted by Crippen LogP contribution is 2.39. The number of imidazole rings is 1. The average Bonchev–Trinajstić information content (AvgIpc) is 2.83. The van der Waals surface area contributed by atoms with Crippen molar-refractivity contribution in [3.63, 3.8) is 0 Å². The number of rotatable bonds is 3. The van der Waals surface area contributed by atoms with Gasteiger partial charge in [0.15, 0.2) is 0 Å². The minimum atomic E-state index is 0.000725. The van der Waals surface area contributed by atoms with E-state index in [0.717, 1.165) is 43.3 Å². The summed E-state index contributed by atoms with van der Waals surface area (Å²) < 4.78 is 8.28. The fourth-order valence-electron chi connectivity index (χ4n) is 3.41. The molecule has 2 N–H and O–H groups in total. The second kappa shape index (κ2) is 5.09. The Labute approximate surface area is 119 Å². The third-order valence-corrected chi connectivity index (χ3v) is 4.74. The first kappa shape index (κ1) is 13.4. The second-order valence-corrected chi connectivity index (χ2v) is 5.71. The van der Waals surface area contributed by atoms with Gasteiger partial charge in [-0.3, -0.25) is 0 Å². The van der Waals surface area contributed by atoms with Crippen LogP contribution in [0, 0.1) is 0 Å². The van der Waals surface area contributed by atoms with Crippen LogP contribution in [0.4, 0.5) is 5.95 Å². The highest BCUT2D eigenvalue weighted by molar-refractivity contribution is 5.78. The number of hydrogen-bond donors (Lipinski definition) is 1. The van der Waals surface area contributed by atoms with Crippen LogP contribution in [-0.4, -0.2) is 21.8 Å². The smallest absolute Gasteiger partial charge is 0.201 e. The molecule has 1 atom stereocenters. The summed E-state index contributed by atoms with van der Waals surface area (Å²) in [6, 6.07) is 8.57. The number of benzene rings is 1. The molecule has 2 heterocycles. The minimum Gasteiger partial charge on any atom is -0.375 e. The Balaban J connectivity index is 2.00. The molecule has 1 aliphatic heterocycles. The van der Waals surface area contributed by atoms with E-state index >= 15 is 0 Å². The Morgan fingerprint density at radius 3 is 2.85 bits per heavy atom. The summed E-state index contributed by atoms with van der Waals surface area (Å²) in [5.74, 6) is 0.624. The van der Waals surface area contributed by atoms with Crippen molar-refractivity contribution in [3.8, 4) is 0 Å². The van der Waals surface area contributed by atoms with Crippen LogP contribution >= 0.6 is 0 Å². The van der Waals surface area contributed by atoms with Crippen molar-refractivity contribution in [1.82, 2.24) is 9.55 Å². The molecule has 0 spiro atoms. The predicted octanol–water partition coefficient (Wildman–Crippen LogP) is 3.53.